The molecule has 2 aromatic carbocycles. The Kier molecular flexibility index (Phi) is 6.93. The van der Waals surface area contributed by atoms with E-state index in [1.54, 1.807) is 6.92 Å². The number of anilines is 1. The molecule has 0 spiro atoms. The lowest BCUT2D eigenvalue weighted by Crippen LogP contribution is -2.35. The van der Waals surface area contributed by atoms with Crippen LogP contribution in [0.15, 0.2) is 48.5 Å². The van der Waals surface area contributed by atoms with Crippen LogP contribution < -0.4 is 14.8 Å². The topological polar surface area (TPSA) is 50.8 Å². The smallest absolute Gasteiger partial charge is 0.265 e. The third-order valence-corrected chi connectivity index (χ3v) is 5.12. The molecule has 5 heteroatoms. The Morgan fingerprint density at radius 2 is 1.82 bits per heavy atom. The molecule has 0 unspecified atom stereocenters. The predicted molar refractivity (Wildman–Crippen MR) is 112 cm³/mol. The summed E-state index contributed by atoms with van der Waals surface area (Å²) in [5, 5.41) is 2.91. The van der Waals surface area contributed by atoms with Crippen LogP contribution in [0.25, 0.3) is 0 Å². The first kappa shape index (κ1) is 20.2. The van der Waals surface area contributed by atoms with E-state index in [4.69, 9.17) is 9.47 Å². The lowest BCUT2D eigenvalue weighted by molar-refractivity contribution is -0.122. The molecule has 1 saturated heterocycles. The van der Waals surface area contributed by atoms with Gasteiger partial charge in [-0.25, -0.2) is 0 Å². The molecule has 0 bridgehead atoms. The van der Waals surface area contributed by atoms with E-state index in [0.717, 1.165) is 55.1 Å². The molecular weight excluding hydrogens is 352 g/mol. The fraction of sp³-hybridized carbons (Fsp3) is 0.435. The maximum absolute atomic E-state index is 12.5. The van der Waals surface area contributed by atoms with E-state index < -0.39 is 6.10 Å². The van der Waals surface area contributed by atoms with Crippen molar-refractivity contribution in [2.45, 2.75) is 45.3 Å². The number of hydrogen-bond donors (Lipinski definition) is 1. The molecule has 0 aromatic heterocycles. The summed E-state index contributed by atoms with van der Waals surface area (Å²) < 4.78 is 11.9. The highest BCUT2D eigenvalue weighted by molar-refractivity contribution is 5.94. The van der Waals surface area contributed by atoms with E-state index in [0.29, 0.717) is 0 Å². The van der Waals surface area contributed by atoms with Crippen molar-refractivity contribution in [3.63, 3.8) is 0 Å². The summed E-state index contributed by atoms with van der Waals surface area (Å²) in [6.45, 7) is 5.97. The molecule has 2 aromatic rings. The van der Waals surface area contributed by atoms with Gasteiger partial charge >= 0.3 is 0 Å². The highest BCUT2D eigenvalue weighted by Crippen LogP contribution is 2.22. The minimum absolute atomic E-state index is 0.171. The van der Waals surface area contributed by atoms with Gasteiger partial charge in [0, 0.05) is 18.8 Å². The molecule has 28 heavy (non-hydrogen) atoms. The Labute approximate surface area is 167 Å². The number of nitrogens with zero attached hydrogens (tertiary/aromatic N) is 1. The molecule has 1 aliphatic heterocycles. The van der Waals surface area contributed by atoms with Gasteiger partial charge in [0.15, 0.2) is 6.10 Å². The average molecular weight is 383 g/mol. The van der Waals surface area contributed by atoms with Crippen LogP contribution in [0.4, 0.5) is 5.69 Å². The van der Waals surface area contributed by atoms with E-state index in [-0.39, 0.29) is 12.0 Å². The summed E-state index contributed by atoms with van der Waals surface area (Å²) in [4.78, 5) is 14.8. The maximum atomic E-state index is 12.5. The second-order valence-corrected chi connectivity index (χ2v) is 7.36. The predicted octanol–water partition coefficient (Wildman–Crippen LogP) is 4.13. The molecule has 0 radical (unpaired) electrons. The van der Waals surface area contributed by atoms with Gasteiger partial charge in [0.1, 0.15) is 17.6 Å². The number of hydrogen-bond acceptors (Lipinski definition) is 4. The summed E-state index contributed by atoms with van der Waals surface area (Å²) in [5.41, 5.74) is 1.83. The second-order valence-electron chi connectivity index (χ2n) is 7.36. The van der Waals surface area contributed by atoms with Gasteiger partial charge in [-0.2, -0.15) is 0 Å². The number of amides is 1. The van der Waals surface area contributed by atoms with Crippen LogP contribution in [0.2, 0.25) is 0 Å². The standard InChI is InChI=1S/C23H30N2O3/c1-4-18-7-5-6-8-22(18)27-17(2)23(26)24-19-9-11-20(12-10-19)28-21-13-15-25(3)16-14-21/h5-12,17,21H,4,13-16H2,1-3H3,(H,24,26)/t17-/m0/s1. The lowest BCUT2D eigenvalue weighted by Gasteiger charge is -2.29. The van der Waals surface area contributed by atoms with Gasteiger partial charge < -0.3 is 19.7 Å². The van der Waals surface area contributed by atoms with Crippen molar-refractivity contribution < 1.29 is 14.3 Å². The van der Waals surface area contributed by atoms with Crippen LogP contribution >= 0.6 is 0 Å². The third kappa shape index (κ3) is 5.49. The normalized spacial score (nSPS) is 16.4. The molecule has 3 rings (SSSR count). The Morgan fingerprint density at radius 1 is 1.14 bits per heavy atom. The van der Waals surface area contributed by atoms with E-state index >= 15 is 0 Å². The summed E-state index contributed by atoms with van der Waals surface area (Å²) in [6, 6.07) is 15.4. The highest BCUT2D eigenvalue weighted by Gasteiger charge is 2.19. The van der Waals surface area contributed by atoms with Crippen LogP contribution in [0.5, 0.6) is 11.5 Å². The highest BCUT2D eigenvalue weighted by atomic mass is 16.5. The number of rotatable bonds is 7. The first-order chi connectivity index (χ1) is 13.5. The number of likely N-dealkylation sites (tertiary alicyclic amines) is 1. The Hall–Kier alpha value is -2.53. The van der Waals surface area contributed by atoms with Gasteiger partial charge in [0.2, 0.25) is 0 Å². The average Bonchev–Trinajstić information content (AvgIpc) is 2.71. The molecule has 1 amide bonds. The monoisotopic (exact) mass is 382 g/mol. The SMILES string of the molecule is CCc1ccccc1O[C@@H](C)C(=O)Nc1ccc(OC2CCN(C)CC2)cc1. The van der Waals surface area contributed by atoms with Crippen molar-refractivity contribution >= 4 is 11.6 Å². The van der Waals surface area contributed by atoms with Gasteiger partial charge in [0.05, 0.1) is 0 Å². The van der Waals surface area contributed by atoms with E-state index in [2.05, 4.69) is 24.2 Å². The van der Waals surface area contributed by atoms with Gasteiger partial charge in [-0.1, -0.05) is 25.1 Å². The largest absolute Gasteiger partial charge is 0.490 e. The number of carbonyl (C=O) groups excluding carboxylic acids is 1. The number of carbonyl (C=O) groups is 1. The summed E-state index contributed by atoms with van der Waals surface area (Å²) >= 11 is 0. The third-order valence-electron chi connectivity index (χ3n) is 5.12. The number of ether oxygens (including phenoxy) is 2. The lowest BCUT2D eigenvalue weighted by atomic mass is 10.1. The van der Waals surface area contributed by atoms with Crippen LogP contribution in [0, 0.1) is 0 Å². The minimum atomic E-state index is -0.581. The van der Waals surface area contributed by atoms with Gasteiger partial charge in [-0.3, -0.25) is 4.79 Å². The number of piperidine rings is 1. The molecule has 0 saturated carbocycles. The van der Waals surface area contributed by atoms with Gasteiger partial charge in [0.25, 0.3) is 5.91 Å². The van der Waals surface area contributed by atoms with E-state index in [1.807, 2.05) is 48.5 Å². The molecule has 1 atom stereocenters. The number of para-hydroxylation sites is 1. The van der Waals surface area contributed by atoms with Crippen molar-refractivity contribution in [2.75, 3.05) is 25.5 Å². The molecule has 1 heterocycles. The van der Waals surface area contributed by atoms with Crippen molar-refractivity contribution in [1.29, 1.82) is 0 Å². The van der Waals surface area contributed by atoms with Crippen molar-refractivity contribution in [3.05, 3.63) is 54.1 Å². The molecule has 150 valence electrons. The molecule has 5 nitrogen and oxygen atoms in total. The van der Waals surface area contributed by atoms with E-state index in [9.17, 15) is 4.79 Å². The zero-order chi connectivity index (χ0) is 19.9. The number of benzene rings is 2. The molecule has 1 N–H and O–H groups in total. The first-order valence-corrected chi connectivity index (χ1v) is 10.1. The zero-order valence-corrected chi connectivity index (χ0v) is 17.0. The summed E-state index contributed by atoms with van der Waals surface area (Å²) in [7, 11) is 2.14. The Balaban J connectivity index is 1.52. The fourth-order valence-corrected chi connectivity index (χ4v) is 3.31. The quantitative estimate of drug-likeness (QED) is 0.782. The first-order valence-electron chi connectivity index (χ1n) is 10.1. The summed E-state index contributed by atoms with van der Waals surface area (Å²) in [5.74, 6) is 1.43. The van der Waals surface area contributed by atoms with E-state index in [1.165, 1.54) is 0 Å². The van der Waals surface area contributed by atoms with Crippen molar-refractivity contribution in [3.8, 4) is 11.5 Å². The molecule has 0 aliphatic carbocycles. The minimum Gasteiger partial charge on any atom is -0.490 e. The van der Waals surface area contributed by atoms with Crippen LogP contribution in [0.3, 0.4) is 0 Å². The number of aryl methyl sites for hydroxylation is 1. The van der Waals surface area contributed by atoms with Crippen molar-refractivity contribution in [2.24, 2.45) is 0 Å². The molecular formula is C23H30N2O3. The van der Waals surface area contributed by atoms with Crippen molar-refractivity contribution in [1.82, 2.24) is 4.90 Å². The molecule has 1 aliphatic rings. The Morgan fingerprint density at radius 3 is 2.50 bits per heavy atom. The molecule has 1 fully saturated rings. The second kappa shape index (κ2) is 9.60. The number of nitrogens with one attached hydrogen (secondary N) is 1. The Bertz CT molecular complexity index is 768. The van der Waals surface area contributed by atoms with Crippen LogP contribution in [0.1, 0.15) is 32.3 Å². The fourth-order valence-electron chi connectivity index (χ4n) is 3.31. The van der Waals surface area contributed by atoms with Crippen LogP contribution in [-0.4, -0.2) is 43.2 Å². The van der Waals surface area contributed by atoms with Gasteiger partial charge in [-0.05, 0) is 69.1 Å². The van der Waals surface area contributed by atoms with Crippen LogP contribution in [-0.2, 0) is 11.2 Å². The zero-order valence-electron chi connectivity index (χ0n) is 17.0. The summed E-state index contributed by atoms with van der Waals surface area (Å²) in [6.07, 6.45) is 2.64. The maximum Gasteiger partial charge on any atom is 0.265 e. The van der Waals surface area contributed by atoms with Gasteiger partial charge in [-0.15, -0.1) is 0 Å².